The molecular weight excluding hydrogens is 100 g/mol. The zero-order chi connectivity index (χ0) is 5.82. The Kier molecular flexibility index (Phi) is 1.87. The second-order valence-corrected chi connectivity index (χ2v) is 1.95. The van der Waals surface area contributed by atoms with Gasteiger partial charge in [0, 0.05) is 0 Å². The van der Waals surface area contributed by atoms with Gasteiger partial charge in [-0.1, -0.05) is 0 Å². The number of hydrogen-bond donors (Lipinski definition) is 1. The minimum atomic E-state index is 0.0868. The molecule has 1 N–H and O–H groups in total. The molecule has 0 aromatic carbocycles. The van der Waals surface area contributed by atoms with Gasteiger partial charge in [0.25, 0.3) is 0 Å². The Balaban J connectivity index is 2.25. The topological polar surface area (TPSA) is 35.8 Å². The third kappa shape index (κ3) is 1.21. The van der Waals surface area contributed by atoms with Gasteiger partial charge in [0.15, 0.2) is 0 Å². The lowest BCUT2D eigenvalue weighted by Gasteiger charge is -2.15. The van der Waals surface area contributed by atoms with Crippen LogP contribution in [0.25, 0.3) is 0 Å². The fourth-order valence-corrected chi connectivity index (χ4v) is 0.826. The average Bonchev–Trinajstić information content (AvgIpc) is 1.90. The van der Waals surface area contributed by atoms with Crippen molar-refractivity contribution >= 4 is 0 Å². The summed E-state index contributed by atoms with van der Waals surface area (Å²) in [6, 6.07) is 2.25. The van der Waals surface area contributed by atoms with Crippen molar-refractivity contribution in [2.24, 2.45) is 0 Å². The van der Waals surface area contributed by atoms with Crippen LogP contribution in [0.3, 0.4) is 0 Å². The first-order valence-electron chi connectivity index (χ1n) is 2.88. The SMILES string of the molecule is N#CC1C[CH]CCN1. The first-order chi connectivity index (χ1) is 3.93. The summed E-state index contributed by atoms with van der Waals surface area (Å²) < 4.78 is 0. The molecule has 43 valence electrons. The van der Waals surface area contributed by atoms with E-state index in [0.717, 1.165) is 19.4 Å². The highest BCUT2D eigenvalue weighted by Crippen LogP contribution is 2.03. The monoisotopic (exact) mass is 109 g/mol. The van der Waals surface area contributed by atoms with Gasteiger partial charge in [-0.15, -0.1) is 0 Å². The van der Waals surface area contributed by atoms with Crippen LogP contribution in [0.1, 0.15) is 12.8 Å². The van der Waals surface area contributed by atoms with Crippen LogP contribution in [0.15, 0.2) is 0 Å². The summed E-state index contributed by atoms with van der Waals surface area (Å²) in [6.45, 7) is 0.970. The fourth-order valence-electron chi connectivity index (χ4n) is 0.826. The van der Waals surface area contributed by atoms with Gasteiger partial charge >= 0.3 is 0 Å². The summed E-state index contributed by atoms with van der Waals surface area (Å²) in [5.41, 5.74) is 0. The Hall–Kier alpha value is -0.550. The maximum atomic E-state index is 8.36. The van der Waals surface area contributed by atoms with E-state index in [1.807, 2.05) is 0 Å². The summed E-state index contributed by atoms with van der Waals surface area (Å²) in [5, 5.41) is 11.4. The van der Waals surface area contributed by atoms with Crippen LogP contribution in [0.5, 0.6) is 0 Å². The van der Waals surface area contributed by atoms with Crippen molar-refractivity contribution in [2.45, 2.75) is 18.9 Å². The van der Waals surface area contributed by atoms with E-state index < -0.39 is 0 Å². The molecule has 0 amide bonds. The summed E-state index contributed by atoms with van der Waals surface area (Å²) in [7, 11) is 0. The third-order valence-corrected chi connectivity index (χ3v) is 1.30. The second-order valence-electron chi connectivity index (χ2n) is 1.95. The zero-order valence-corrected chi connectivity index (χ0v) is 4.72. The van der Waals surface area contributed by atoms with Gasteiger partial charge in [0.1, 0.15) is 0 Å². The highest BCUT2D eigenvalue weighted by Gasteiger charge is 2.09. The Morgan fingerprint density at radius 2 is 2.62 bits per heavy atom. The Labute approximate surface area is 49.5 Å². The zero-order valence-electron chi connectivity index (χ0n) is 4.72. The van der Waals surface area contributed by atoms with Crippen molar-refractivity contribution in [1.29, 1.82) is 5.26 Å². The van der Waals surface area contributed by atoms with E-state index in [-0.39, 0.29) is 6.04 Å². The molecule has 0 saturated carbocycles. The standard InChI is InChI=1S/C6H9N2/c7-5-6-3-1-2-4-8-6/h1,6,8H,2-4H2. The van der Waals surface area contributed by atoms with E-state index in [4.69, 9.17) is 5.26 Å². The Morgan fingerprint density at radius 3 is 3.00 bits per heavy atom. The van der Waals surface area contributed by atoms with Crippen molar-refractivity contribution in [3.05, 3.63) is 6.42 Å². The normalized spacial score (nSPS) is 29.1. The van der Waals surface area contributed by atoms with Crippen LogP contribution in [-0.2, 0) is 0 Å². The maximum absolute atomic E-state index is 8.36. The summed E-state index contributed by atoms with van der Waals surface area (Å²) in [5.74, 6) is 0. The molecule has 1 fully saturated rings. The molecule has 1 aliphatic rings. The largest absolute Gasteiger partial charge is 0.302 e. The summed E-state index contributed by atoms with van der Waals surface area (Å²) in [6.07, 6.45) is 4.18. The van der Waals surface area contributed by atoms with E-state index in [0.29, 0.717) is 0 Å². The van der Waals surface area contributed by atoms with Crippen LogP contribution < -0.4 is 5.32 Å². The molecule has 1 saturated heterocycles. The van der Waals surface area contributed by atoms with Crippen LogP contribution >= 0.6 is 0 Å². The summed E-state index contributed by atoms with van der Waals surface area (Å²) >= 11 is 0. The van der Waals surface area contributed by atoms with Gasteiger partial charge in [0.05, 0.1) is 12.1 Å². The lowest BCUT2D eigenvalue weighted by Crippen LogP contribution is -2.32. The molecule has 1 rings (SSSR count). The van der Waals surface area contributed by atoms with Crippen molar-refractivity contribution < 1.29 is 0 Å². The van der Waals surface area contributed by atoms with E-state index in [1.165, 1.54) is 0 Å². The number of nitriles is 1. The van der Waals surface area contributed by atoms with Crippen LogP contribution in [-0.4, -0.2) is 12.6 Å². The van der Waals surface area contributed by atoms with Gasteiger partial charge in [-0.25, -0.2) is 0 Å². The minimum absolute atomic E-state index is 0.0868. The highest BCUT2D eigenvalue weighted by molar-refractivity contribution is 4.96. The molecule has 1 unspecified atom stereocenters. The lowest BCUT2D eigenvalue weighted by molar-refractivity contribution is 0.532. The molecular formula is C6H9N2. The number of nitrogens with zero attached hydrogens (tertiary/aromatic N) is 1. The van der Waals surface area contributed by atoms with Crippen molar-refractivity contribution in [3.8, 4) is 6.07 Å². The minimum Gasteiger partial charge on any atom is -0.302 e. The van der Waals surface area contributed by atoms with Crippen molar-refractivity contribution in [2.75, 3.05) is 6.54 Å². The van der Waals surface area contributed by atoms with Crippen LogP contribution in [0.4, 0.5) is 0 Å². The first-order valence-corrected chi connectivity index (χ1v) is 2.88. The molecule has 0 bridgehead atoms. The van der Waals surface area contributed by atoms with E-state index >= 15 is 0 Å². The molecule has 2 nitrogen and oxygen atoms in total. The molecule has 0 aromatic heterocycles. The Bertz CT molecular complexity index is 97.6. The van der Waals surface area contributed by atoms with E-state index in [2.05, 4.69) is 17.8 Å². The molecule has 1 radical (unpaired) electrons. The number of nitrogens with one attached hydrogen (secondary N) is 1. The Morgan fingerprint density at radius 1 is 1.75 bits per heavy atom. The number of rotatable bonds is 0. The number of hydrogen-bond acceptors (Lipinski definition) is 2. The molecule has 8 heavy (non-hydrogen) atoms. The third-order valence-electron chi connectivity index (χ3n) is 1.30. The molecule has 1 aliphatic heterocycles. The van der Waals surface area contributed by atoms with Crippen LogP contribution in [0, 0.1) is 17.8 Å². The fraction of sp³-hybridized carbons (Fsp3) is 0.667. The quantitative estimate of drug-likeness (QED) is 0.490. The molecule has 0 spiro atoms. The van der Waals surface area contributed by atoms with Gasteiger partial charge in [-0.2, -0.15) is 5.26 Å². The van der Waals surface area contributed by atoms with Crippen LogP contribution in [0.2, 0.25) is 0 Å². The highest BCUT2D eigenvalue weighted by atomic mass is 14.9. The van der Waals surface area contributed by atoms with E-state index in [1.54, 1.807) is 0 Å². The lowest BCUT2D eigenvalue weighted by atomic mass is 10.1. The molecule has 2 heteroatoms. The predicted octanol–water partition coefficient (Wildman–Crippen LogP) is 0.466. The second kappa shape index (κ2) is 2.68. The molecule has 1 atom stereocenters. The van der Waals surface area contributed by atoms with Gasteiger partial charge in [-0.3, -0.25) is 0 Å². The molecule has 1 heterocycles. The summed E-state index contributed by atoms with van der Waals surface area (Å²) in [4.78, 5) is 0. The van der Waals surface area contributed by atoms with Gasteiger partial charge < -0.3 is 5.32 Å². The predicted molar refractivity (Wildman–Crippen MR) is 30.9 cm³/mol. The molecule has 0 aromatic rings. The average molecular weight is 109 g/mol. The maximum Gasteiger partial charge on any atom is 0.0955 e. The van der Waals surface area contributed by atoms with Crippen molar-refractivity contribution in [1.82, 2.24) is 5.32 Å². The first kappa shape index (κ1) is 5.58. The smallest absolute Gasteiger partial charge is 0.0955 e. The van der Waals surface area contributed by atoms with Gasteiger partial charge in [0.2, 0.25) is 0 Å². The van der Waals surface area contributed by atoms with E-state index in [9.17, 15) is 0 Å². The van der Waals surface area contributed by atoms with Gasteiger partial charge in [-0.05, 0) is 25.8 Å². The molecule has 0 aliphatic carbocycles. The van der Waals surface area contributed by atoms with Crippen molar-refractivity contribution in [3.63, 3.8) is 0 Å². The number of piperidine rings is 1.